The Morgan fingerprint density at radius 1 is 1.50 bits per heavy atom. The highest BCUT2D eigenvalue weighted by Crippen LogP contribution is 2.14. The molecule has 0 atom stereocenters. The van der Waals surface area contributed by atoms with Gasteiger partial charge in [-0.25, -0.2) is 4.79 Å². The van der Waals surface area contributed by atoms with Crippen molar-refractivity contribution in [2.75, 3.05) is 11.9 Å². The van der Waals surface area contributed by atoms with E-state index < -0.39 is 6.09 Å². The number of carbonyl (C=O) groups excluding carboxylic acids is 1. The van der Waals surface area contributed by atoms with Crippen LogP contribution in [0.5, 0.6) is 0 Å². The quantitative estimate of drug-likeness (QED) is 0.665. The van der Waals surface area contributed by atoms with E-state index in [-0.39, 0.29) is 6.61 Å². The predicted octanol–water partition coefficient (Wildman–Crippen LogP) is 3.48. The highest BCUT2D eigenvalue weighted by molar-refractivity contribution is 6.31. The van der Waals surface area contributed by atoms with E-state index >= 15 is 0 Å². The molecule has 16 heavy (non-hydrogen) atoms. The zero-order chi connectivity index (χ0) is 11.8. The van der Waals surface area contributed by atoms with E-state index in [1.165, 1.54) is 0 Å². The largest absolute Gasteiger partial charge is 0.448 e. The minimum absolute atomic E-state index is 0.201. The van der Waals surface area contributed by atoms with Crippen molar-refractivity contribution in [1.29, 1.82) is 0 Å². The number of halogens is 2. The Balaban J connectivity index is 2.36. The maximum Gasteiger partial charge on any atom is 0.411 e. The second-order valence-electron chi connectivity index (χ2n) is 2.79. The molecule has 84 valence electrons. The Morgan fingerprint density at radius 2 is 2.31 bits per heavy atom. The molecule has 0 saturated heterocycles. The van der Waals surface area contributed by atoms with Crippen LogP contribution in [0.3, 0.4) is 0 Å². The van der Waals surface area contributed by atoms with Gasteiger partial charge >= 0.3 is 6.09 Å². The number of ether oxygens (including phenoxy) is 1. The van der Waals surface area contributed by atoms with E-state index in [0.29, 0.717) is 17.1 Å². The van der Waals surface area contributed by atoms with Crippen LogP contribution in [0.25, 0.3) is 0 Å². The molecule has 0 aliphatic heterocycles. The maximum absolute atomic E-state index is 11.2. The summed E-state index contributed by atoms with van der Waals surface area (Å²) in [5, 5.41) is 5.27. The zero-order valence-electron chi connectivity index (χ0n) is 8.30. The first-order valence-corrected chi connectivity index (χ1v) is 5.26. The van der Waals surface area contributed by atoms with Gasteiger partial charge in [-0.3, -0.25) is 5.32 Å². The Morgan fingerprint density at radius 3 is 3.00 bits per heavy atom. The summed E-state index contributed by atoms with van der Waals surface area (Å²) >= 11 is 10.9. The Kier molecular flexibility index (Phi) is 5.55. The molecule has 0 spiro atoms. The third-order valence-corrected chi connectivity index (χ3v) is 1.97. The Bertz CT molecular complexity index is 423. The van der Waals surface area contributed by atoms with Gasteiger partial charge in [0.05, 0.1) is 0 Å². The molecular weight excluding hydrogens is 249 g/mol. The van der Waals surface area contributed by atoms with Crippen LogP contribution in [-0.4, -0.2) is 12.7 Å². The van der Waals surface area contributed by atoms with Crippen LogP contribution >= 0.6 is 23.2 Å². The predicted molar refractivity (Wildman–Crippen MR) is 64.7 cm³/mol. The van der Waals surface area contributed by atoms with Crippen LogP contribution < -0.4 is 5.32 Å². The van der Waals surface area contributed by atoms with Gasteiger partial charge in [-0.05, 0) is 29.8 Å². The van der Waals surface area contributed by atoms with Crippen LogP contribution in [0.2, 0.25) is 5.02 Å². The summed E-state index contributed by atoms with van der Waals surface area (Å²) < 4.78 is 4.83. The first-order valence-electron chi connectivity index (χ1n) is 4.50. The monoisotopic (exact) mass is 257 g/mol. The molecule has 3 nitrogen and oxygen atoms in total. The number of rotatable bonds is 3. The van der Waals surface area contributed by atoms with Crippen molar-refractivity contribution in [3.8, 4) is 11.3 Å². The summed E-state index contributed by atoms with van der Waals surface area (Å²) in [5.41, 5.74) is 0.584. The number of hydrogen-bond acceptors (Lipinski definition) is 2. The van der Waals surface area contributed by atoms with Crippen LogP contribution in [0.1, 0.15) is 6.42 Å². The lowest BCUT2D eigenvalue weighted by molar-refractivity contribution is 0.164. The van der Waals surface area contributed by atoms with Crippen molar-refractivity contribution in [1.82, 2.24) is 0 Å². The standard InChI is InChI=1S/C11H9Cl2NO2/c12-6-1-2-7-16-11(15)14-10-5-3-4-9(13)8-10/h3-5,8H,2,7H2,(H,14,15). The van der Waals surface area contributed by atoms with Crippen molar-refractivity contribution in [3.63, 3.8) is 0 Å². The molecule has 0 bridgehead atoms. The second kappa shape index (κ2) is 7.00. The van der Waals surface area contributed by atoms with Crippen LogP contribution in [0, 0.1) is 11.3 Å². The maximum atomic E-state index is 11.2. The summed E-state index contributed by atoms with van der Waals surface area (Å²) in [6.07, 6.45) is -0.134. The molecular formula is C11H9Cl2NO2. The second-order valence-corrected chi connectivity index (χ2v) is 3.42. The van der Waals surface area contributed by atoms with Crippen molar-refractivity contribution in [3.05, 3.63) is 29.3 Å². The fraction of sp³-hybridized carbons (Fsp3) is 0.182. The van der Waals surface area contributed by atoms with Crippen LogP contribution in [0.15, 0.2) is 24.3 Å². The minimum atomic E-state index is -0.543. The average Bonchev–Trinajstić information content (AvgIpc) is 2.24. The molecule has 0 heterocycles. The number of hydrogen-bond donors (Lipinski definition) is 1. The van der Waals surface area contributed by atoms with E-state index in [9.17, 15) is 4.79 Å². The Labute approximate surface area is 104 Å². The van der Waals surface area contributed by atoms with Gasteiger partial charge in [0.25, 0.3) is 0 Å². The highest BCUT2D eigenvalue weighted by Gasteiger charge is 2.02. The van der Waals surface area contributed by atoms with Crippen molar-refractivity contribution >= 4 is 35.0 Å². The first kappa shape index (κ1) is 12.7. The molecule has 0 fully saturated rings. The van der Waals surface area contributed by atoms with Gasteiger partial charge in [0.15, 0.2) is 0 Å². The Hall–Kier alpha value is -1.37. The molecule has 0 unspecified atom stereocenters. The smallest absolute Gasteiger partial charge is 0.411 e. The lowest BCUT2D eigenvalue weighted by atomic mass is 10.3. The van der Waals surface area contributed by atoms with Gasteiger partial charge in [-0.2, -0.15) is 0 Å². The summed E-state index contributed by atoms with van der Waals surface area (Å²) in [5.74, 6) is 2.57. The SMILES string of the molecule is O=C(Nc1cccc(Cl)c1)OCCC#CCl. The third-order valence-electron chi connectivity index (χ3n) is 1.60. The molecule has 1 aromatic carbocycles. The van der Waals surface area contributed by atoms with Crippen molar-refractivity contribution in [2.24, 2.45) is 0 Å². The summed E-state index contributed by atoms with van der Waals surface area (Å²) in [4.78, 5) is 11.2. The third kappa shape index (κ3) is 4.92. The van der Waals surface area contributed by atoms with Gasteiger partial charge < -0.3 is 4.74 Å². The van der Waals surface area contributed by atoms with Crippen molar-refractivity contribution in [2.45, 2.75) is 6.42 Å². The molecule has 1 rings (SSSR count). The molecule has 0 aliphatic carbocycles. The highest BCUT2D eigenvalue weighted by atomic mass is 35.5. The van der Waals surface area contributed by atoms with Gasteiger partial charge in [-0.1, -0.05) is 23.6 Å². The van der Waals surface area contributed by atoms with E-state index in [0.717, 1.165) is 0 Å². The molecule has 0 radical (unpaired) electrons. The topological polar surface area (TPSA) is 38.3 Å². The molecule has 1 N–H and O–H groups in total. The van der Waals surface area contributed by atoms with Crippen LogP contribution in [0.4, 0.5) is 10.5 Å². The summed E-state index contributed by atoms with van der Waals surface area (Å²) in [6, 6.07) is 6.79. The van der Waals surface area contributed by atoms with Gasteiger partial charge in [0, 0.05) is 22.5 Å². The molecule has 0 aliphatic rings. The minimum Gasteiger partial charge on any atom is -0.448 e. The fourth-order valence-electron chi connectivity index (χ4n) is 0.962. The first-order chi connectivity index (χ1) is 7.72. The number of nitrogens with one attached hydrogen (secondary N) is 1. The lowest BCUT2D eigenvalue weighted by Gasteiger charge is -2.05. The molecule has 5 heteroatoms. The van der Waals surface area contributed by atoms with Gasteiger partial charge in [0.2, 0.25) is 0 Å². The van der Waals surface area contributed by atoms with Crippen LogP contribution in [-0.2, 0) is 4.74 Å². The molecule has 0 saturated carbocycles. The number of benzene rings is 1. The average molecular weight is 258 g/mol. The number of amides is 1. The number of carbonyl (C=O) groups is 1. The van der Waals surface area contributed by atoms with E-state index in [2.05, 4.69) is 16.6 Å². The summed E-state index contributed by atoms with van der Waals surface area (Å²) in [6.45, 7) is 0.201. The molecule has 1 amide bonds. The van der Waals surface area contributed by atoms with Gasteiger partial charge in [0.1, 0.15) is 6.61 Å². The lowest BCUT2D eigenvalue weighted by Crippen LogP contribution is -2.14. The van der Waals surface area contributed by atoms with E-state index in [1.807, 2.05) is 0 Å². The van der Waals surface area contributed by atoms with E-state index in [4.69, 9.17) is 27.9 Å². The van der Waals surface area contributed by atoms with Crippen molar-refractivity contribution < 1.29 is 9.53 Å². The zero-order valence-corrected chi connectivity index (χ0v) is 9.81. The molecule has 0 aromatic heterocycles. The molecule has 1 aromatic rings. The van der Waals surface area contributed by atoms with E-state index in [1.54, 1.807) is 24.3 Å². The normalized spacial score (nSPS) is 8.88. The fourth-order valence-corrected chi connectivity index (χ4v) is 1.25. The number of anilines is 1. The van der Waals surface area contributed by atoms with Gasteiger partial charge in [-0.15, -0.1) is 0 Å². The summed E-state index contributed by atoms with van der Waals surface area (Å²) in [7, 11) is 0.